The van der Waals surface area contributed by atoms with Crippen molar-refractivity contribution in [2.24, 2.45) is 0 Å². The molecule has 0 unspecified atom stereocenters. The van der Waals surface area contributed by atoms with Crippen molar-refractivity contribution in [2.45, 2.75) is 32.4 Å². The van der Waals surface area contributed by atoms with Crippen LogP contribution in [-0.2, 0) is 16.1 Å². The van der Waals surface area contributed by atoms with Crippen LogP contribution in [0.25, 0.3) is 10.9 Å². The Balaban J connectivity index is 1.34. The van der Waals surface area contributed by atoms with Crippen molar-refractivity contribution in [3.05, 3.63) is 76.1 Å². The number of nitrogens with one attached hydrogen (secondary N) is 1. The molecule has 0 radical (unpaired) electrons. The average molecular weight is 453 g/mol. The summed E-state index contributed by atoms with van der Waals surface area (Å²) in [6.45, 7) is 5.58. The largest absolute Gasteiger partial charge is 0.379 e. The number of halogens is 1. The Labute approximate surface area is 192 Å². The number of nitrogens with zero attached hydrogens (tertiary/aromatic N) is 3. The molecule has 0 aliphatic carbocycles. The van der Waals surface area contributed by atoms with E-state index in [1.807, 2.05) is 19.1 Å². The van der Waals surface area contributed by atoms with Crippen LogP contribution in [0.5, 0.6) is 0 Å². The zero-order valence-electron chi connectivity index (χ0n) is 18.8. The third kappa shape index (κ3) is 5.64. The Morgan fingerprint density at radius 3 is 2.70 bits per heavy atom. The first kappa shape index (κ1) is 23.1. The fourth-order valence-electron chi connectivity index (χ4n) is 4.24. The average Bonchev–Trinajstić information content (AvgIpc) is 2.83. The first-order valence-corrected chi connectivity index (χ1v) is 11.3. The smallest absolute Gasteiger partial charge is 0.261 e. The molecule has 1 N–H and O–H groups in total. The minimum Gasteiger partial charge on any atom is -0.379 e. The normalized spacial score (nSPS) is 15.5. The molecule has 2 heterocycles. The lowest BCUT2D eigenvalue weighted by Crippen LogP contribution is -2.43. The highest BCUT2D eigenvalue weighted by Gasteiger charge is 2.23. The number of morpholine rings is 1. The minimum atomic E-state index is -0.280. The number of benzene rings is 2. The number of fused-ring (bicyclic) bond motifs is 1. The molecule has 33 heavy (non-hydrogen) atoms. The van der Waals surface area contributed by atoms with E-state index in [4.69, 9.17) is 4.74 Å². The quantitative estimate of drug-likeness (QED) is 0.569. The van der Waals surface area contributed by atoms with Crippen LogP contribution in [0.4, 0.5) is 4.39 Å². The van der Waals surface area contributed by atoms with Crippen LogP contribution in [0.3, 0.4) is 0 Å². The second-order valence-corrected chi connectivity index (χ2v) is 8.34. The third-order valence-corrected chi connectivity index (χ3v) is 6.09. The SMILES string of the molecule is Cc1cccc2c(=O)n(CCCC(=O)NC[C@@H](c3ccc(F)cc3)N3CCOCC3)cnc12. The van der Waals surface area contributed by atoms with E-state index in [1.165, 1.54) is 12.1 Å². The molecule has 1 saturated heterocycles. The van der Waals surface area contributed by atoms with Crippen LogP contribution in [0.1, 0.15) is 30.0 Å². The summed E-state index contributed by atoms with van der Waals surface area (Å²) in [7, 11) is 0. The molecular weight excluding hydrogens is 423 g/mol. The summed E-state index contributed by atoms with van der Waals surface area (Å²) in [4.78, 5) is 31.9. The summed E-state index contributed by atoms with van der Waals surface area (Å²) in [6.07, 6.45) is 2.39. The topological polar surface area (TPSA) is 76.5 Å². The van der Waals surface area contributed by atoms with Crippen molar-refractivity contribution in [1.29, 1.82) is 0 Å². The van der Waals surface area contributed by atoms with Gasteiger partial charge in [-0.25, -0.2) is 9.37 Å². The lowest BCUT2D eigenvalue weighted by molar-refractivity contribution is -0.121. The monoisotopic (exact) mass is 452 g/mol. The molecule has 2 aromatic carbocycles. The summed E-state index contributed by atoms with van der Waals surface area (Å²) in [5, 5.41) is 3.61. The molecule has 0 saturated carbocycles. The molecule has 0 spiro atoms. The van der Waals surface area contributed by atoms with Crippen molar-refractivity contribution in [3.8, 4) is 0 Å². The molecule has 1 atom stereocenters. The fourth-order valence-corrected chi connectivity index (χ4v) is 4.24. The molecule has 7 nitrogen and oxygen atoms in total. The van der Waals surface area contributed by atoms with Crippen LogP contribution in [-0.4, -0.2) is 53.2 Å². The van der Waals surface area contributed by atoms with Crippen molar-refractivity contribution in [3.63, 3.8) is 0 Å². The highest BCUT2D eigenvalue weighted by atomic mass is 19.1. The Morgan fingerprint density at radius 1 is 1.18 bits per heavy atom. The Hall–Kier alpha value is -3.10. The molecular formula is C25H29FN4O3. The van der Waals surface area contributed by atoms with Crippen molar-refractivity contribution >= 4 is 16.8 Å². The molecule has 8 heteroatoms. The molecule has 1 aliphatic rings. The van der Waals surface area contributed by atoms with E-state index in [9.17, 15) is 14.0 Å². The maximum absolute atomic E-state index is 13.4. The summed E-state index contributed by atoms with van der Waals surface area (Å²) in [6, 6.07) is 11.9. The number of carbonyl (C=O) groups excluding carboxylic acids is 1. The van der Waals surface area contributed by atoms with Crippen LogP contribution >= 0.6 is 0 Å². The van der Waals surface area contributed by atoms with E-state index in [0.717, 1.165) is 24.2 Å². The van der Waals surface area contributed by atoms with Crippen molar-refractivity contribution < 1.29 is 13.9 Å². The second-order valence-electron chi connectivity index (χ2n) is 8.34. The molecule has 3 aromatic rings. The predicted molar refractivity (Wildman–Crippen MR) is 125 cm³/mol. The second kappa shape index (κ2) is 10.7. The predicted octanol–water partition coefficient (Wildman–Crippen LogP) is 2.81. The van der Waals surface area contributed by atoms with Gasteiger partial charge in [0.2, 0.25) is 5.91 Å². The van der Waals surface area contributed by atoms with Crippen LogP contribution in [0.2, 0.25) is 0 Å². The van der Waals surface area contributed by atoms with Gasteiger partial charge in [0.05, 0.1) is 36.5 Å². The van der Waals surface area contributed by atoms with Gasteiger partial charge in [-0.2, -0.15) is 0 Å². The van der Waals surface area contributed by atoms with Gasteiger partial charge in [0.15, 0.2) is 0 Å². The molecule has 1 fully saturated rings. The molecule has 0 bridgehead atoms. The van der Waals surface area contributed by atoms with Gasteiger partial charge >= 0.3 is 0 Å². The number of hydrogen-bond acceptors (Lipinski definition) is 5. The Kier molecular flexibility index (Phi) is 7.47. The zero-order valence-corrected chi connectivity index (χ0v) is 18.8. The number of carbonyl (C=O) groups is 1. The number of aromatic nitrogens is 2. The lowest BCUT2D eigenvalue weighted by Gasteiger charge is -2.35. The first-order valence-electron chi connectivity index (χ1n) is 11.3. The maximum Gasteiger partial charge on any atom is 0.261 e. The molecule has 1 amide bonds. The Bertz CT molecular complexity index is 1160. The van der Waals surface area contributed by atoms with Gasteiger partial charge in [-0.05, 0) is 42.7 Å². The number of hydrogen-bond donors (Lipinski definition) is 1. The zero-order chi connectivity index (χ0) is 23.2. The van der Waals surface area contributed by atoms with Gasteiger partial charge in [-0.15, -0.1) is 0 Å². The van der Waals surface area contributed by atoms with Gasteiger partial charge < -0.3 is 10.1 Å². The van der Waals surface area contributed by atoms with Crippen LogP contribution in [0, 0.1) is 12.7 Å². The van der Waals surface area contributed by atoms with Crippen molar-refractivity contribution in [2.75, 3.05) is 32.8 Å². The standard InChI is InChI=1S/C25H29FN4O3/c1-18-4-2-5-21-24(18)28-17-30(25(21)32)11-3-6-23(31)27-16-22(29-12-14-33-15-13-29)19-7-9-20(26)10-8-19/h2,4-5,7-10,17,22H,3,6,11-16H2,1H3,(H,27,31)/t22-/m0/s1. The Morgan fingerprint density at radius 2 is 1.94 bits per heavy atom. The fraction of sp³-hybridized carbons (Fsp3) is 0.400. The number of rotatable bonds is 8. The third-order valence-electron chi connectivity index (χ3n) is 6.09. The van der Waals surface area contributed by atoms with E-state index in [2.05, 4.69) is 15.2 Å². The summed E-state index contributed by atoms with van der Waals surface area (Å²) >= 11 is 0. The number of aryl methyl sites for hydroxylation is 2. The highest BCUT2D eigenvalue weighted by molar-refractivity contribution is 5.80. The maximum atomic E-state index is 13.4. The number of ether oxygens (including phenoxy) is 1. The lowest BCUT2D eigenvalue weighted by atomic mass is 10.0. The van der Waals surface area contributed by atoms with E-state index in [-0.39, 0.29) is 23.3 Å². The van der Waals surface area contributed by atoms with E-state index in [0.29, 0.717) is 50.0 Å². The van der Waals surface area contributed by atoms with Crippen LogP contribution in [0.15, 0.2) is 53.6 Å². The molecule has 1 aromatic heterocycles. The van der Waals surface area contributed by atoms with Crippen LogP contribution < -0.4 is 10.9 Å². The number of amides is 1. The van der Waals surface area contributed by atoms with Gasteiger partial charge in [0.1, 0.15) is 5.82 Å². The number of para-hydroxylation sites is 1. The van der Waals surface area contributed by atoms with Gasteiger partial charge in [0, 0.05) is 32.6 Å². The highest BCUT2D eigenvalue weighted by Crippen LogP contribution is 2.22. The van der Waals surface area contributed by atoms with Crippen molar-refractivity contribution in [1.82, 2.24) is 19.8 Å². The van der Waals surface area contributed by atoms with Gasteiger partial charge in [0.25, 0.3) is 5.56 Å². The van der Waals surface area contributed by atoms with Gasteiger partial charge in [-0.1, -0.05) is 24.3 Å². The minimum absolute atomic E-state index is 0.0472. The van der Waals surface area contributed by atoms with E-state index in [1.54, 1.807) is 29.1 Å². The summed E-state index contributed by atoms with van der Waals surface area (Å²) in [5.74, 6) is -0.356. The summed E-state index contributed by atoms with van der Waals surface area (Å²) in [5.41, 5.74) is 2.55. The summed E-state index contributed by atoms with van der Waals surface area (Å²) < 4.78 is 20.4. The van der Waals surface area contributed by atoms with Gasteiger partial charge in [-0.3, -0.25) is 19.1 Å². The molecule has 174 valence electrons. The van der Waals surface area contributed by atoms with E-state index < -0.39 is 0 Å². The van der Waals surface area contributed by atoms with E-state index >= 15 is 0 Å². The first-order chi connectivity index (χ1) is 16.0. The molecule has 1 aliphatic heterocycles. The molecule has 4 rings (SSSR count).